The standard InChI is InChI=1S/C14H18ClN3O/c1-9(2)13-17-12(15)10(3)14(18-13)16-7-6-11-5-4-8-19-11/h4-5,8-9H,6-7H2,1-3H3,(H,16,17,18). The van der Waals surface area contributed by atoms with Crippen LogP contribution in [0.2, 0.25) is 5.15 Å². The second kappa shape index (κ2) is 6.06. The van der Waals surface area contributed by atoms with Gasteiger partial charge >= 0.3 is 0 Å². The van der Waals surface area contributed by atoms with Crippen LogP contribution in [0.25, 0.3) is 0 Å². The van der Waals surface area contributed by atoms with Gasteiger partial charge in [-0.2, -0.15) is 0 Å². The van der Waals surface area contributed by atoms with Crippen LogP contribution >= 0.6 is 11.6 Å². The predicted octanol–water partition coefficient (Wildman–Crippen LogP) is 3.81. The highest BCUT2D eigenvalue weighted by Crippen LogP contribution is 2.22. The van der Waals surface area contributed by atoms with Crippen LogP contribution in [0.3, 0.4) is 0 Å². The van der Waals surface area contributed by atoms with Gasteiger partial charge in [-0.3, -0.25) is 0 Å². The van der Waals surface area contributed by atoms with E-state index >= 15 is 0 Å². The van der Waals surface area contributed by atoms with Crippen LogP contribution in [-0.4, -0.2) is 16.5 Å². The van der Waals surface area contributed by atoms with Crippen molar-refractivity contribution < 1.29 is 4.42 Å². The van der Waals surface area contributed by atoms with Crippen LogP contribution in [0.1, 0.15) is 36.9 Å². The molecule has 0 aliphatic heterocycles. The molecule has 2 rings (SSSR count). The van der Waals surface area contributed by atoms with Gasteiger partial charge in [0.1, 0.15) is 22.6 Å². The van der Waals surface area contributed by atoms with Crippen molar-refractivity contribution in [2.45, 2.75) is 33.1 Å². The van der Waals surface area contributed by atoms with Crippen molar-refractivity contribution in [3.05, 3.63) is 40.7 Å². The molecule has 0 fully saturated rings. The molecule has 0 saturated carbocycles. The van der Waals surface area contributed by atoms with Crippen LogP contribution in [0.5, 0.6) is 0 Å². The Morgan fingerprint density at radius 2 is 2.16 bits per heavy atom. The Bertz CT molecular complexity index is 538. The van der Waals surface area contributed by atoms with E-state index in [9.17, 15) is 0 Å². The highest BCUT2D eigenvalue weighted by molar-refractivity contribution is 6.30. The molecule has 0 radical (unpaired) electrons. The fourth-order valence-electron chi connectivity index (χ4n) is 1.69. The quantitative estimate of drug-likeness (QED) is 0.846. The van der Waals surface area contributed by atoms with E-state index in [4.69, 9.17) is 16.0 Å². The van der Waals surface area contributed by atoms with Crippen molar-refractivity contribution in [3.8, 4) is 0 Å². The molecule has 4 nitrogen and oxygen atoms in total. The molecule has 0 aromatic carbocycles. The highest BCUT2D eigenvalue weighted by Gasteiger charge is 2.11. The first-order valence-electron chi connectivity index (χ1n) is 6.38. The van der Waals surface area contributed by atoms with Crippen molar-refractivity contribution >= 4 is 17.4 Å². The van der Waals surface area contributed by atoms with Crippen LogP contribution < -0.4 is 5.32 Å². The van der Waals surface area contributed by atoms with E-state index in [1.54, 1.807) is 6.26 Å². The number of hydrogen-bond acceptors (Lipinski definition) is 4. The fraction of sp³-hybridized carbons (Fsp3) is 0.429. The maximum absolute atomic E-state index is 6.13. The van der Waals surface area contributed by atoms with Gasteiger partial charge in [-0.15, -0.1) is 0 Å². The number of halogens is 1. The smallest absolute Gasteiger partial charge is 0.137 e. The van der Waals surface area contributed by atoms with Crippen LogP contribution in [0.15, 0.2) is 22.8 Å². The molecule has 0 amide bonds. The molecule has 0 aliphatic rings. The zero-order valence-corrected chi connectivity index (χ0v) is 12.2. The third kappa shape index (κ3) is 3.47. The second-order valence-electron chi connectivity index (χ2n) is 4.76. The summed E-state index contributed by atoms with van der Waals surface area (Å²) in [5, 5.41) is 3.80. The van der Waals surface area contributed by atoms with Gasteiger partial charge in [-0.1, -0.05) is 25.4 Å². The summed E-state index contributed by atoms with van der Waals surface area (Å²) in [7, 11) is 0. The molecule has 19 heavy (non-hydrogen) atoms. The first-order chi connectivity index (χ1) is 9.08. The Kier molecular flexibility index (Phi) is 4.43. The maximum atomic E-state index is 6.13. The molecule has 0 spiro atoms. The molecule has 0 saturated heterocycles. The number of rotatable bonds is 5. The largest absolute Gasteiger partial charge is 0.469 e. The molecule has 2 heterocycles. The molecule has 0 atom stereocenters. The molecule has 5 heteroatoms. The van der Waals surface area contributed by atoms with E-state index < -0.39 is 0 Å². The summed E-state index contributed by atoms with van der Waals surface area (Å²) in [4.78, 5) is 8.80. The number of hydrogen-bond donors (Lipinski definition) is 1. The molecular formula is C14H18ClN3O. The maximum Gasteiger partial charge on any atom is 0.137 e. The van der Waals surface area contributed by atoms with E-state index in [0.717, 1.165) is 35.9 Å². The molecule has 0 aliphatic carbocycles. The van der Waals surface area contributed by atoms with Gasteiger partial charge in [0.2, 0.25) is 0 Å². The monoisotopic (exact) mass is 279 g/mol. The third-order valence-corrected chi connectivity index (χ3v) is 3.23. The molecule has 2 aromatic heterocycles. The third-order valence-electron chi connectivity index (χ3n) is 2.86. The lowest BCUT2D eigenvalue weighted by Crippen LogP contribution is -2.10. The summed E-state index contributed by atoms with van der Waals surface area (Å²) in [6.07, 6.45) is 2.49. The fourth-order valence-corrected chi connectivity index (χ4v) is 1.87. The Balaban J connectivity index is 2.06. The summed E-state index contributed by atoms with van der Waals surface area (Å²) in [5.74, 6) is 2.77. The Hall–Kier alpha value is -1.55. The van der Waals surface area contributed by atoms with Crippen molar-refractivity contribution in [3.63, 3.8) is 0 Å². The summed E-state index contributed by atoms with van der Waals surface area (Å²) in [6.45, 7) is 6.77. The molecule has 2 aromatic rings. The van der Waals surface area contributed by atoms with Crippen LogP contribution in [-0.2, 0) is 6.42 Å². The molecule has 102 valence electrons. The summed E-state index contributed by atoms with van der Waals surface area (Å²) >= 11 is 6.13. The van der Waals surface area contributed by atoms with E-state index in [0.29, 0.717) is 5.15 Å². The number of furan rings is 1. The highest BCUT2D eigenvalue weighted by atomic mass is 35.5. The lowest BCUT2D eigenvalue weighted by molar-refractivity contribution is 0.513. The minimum atomic E-state index is 0.253. The van der Waals surface area contributed by atoms with Crippen molar-refractivity contribution in [1.29, 1.82) is 0 Å². The lowest BCUT2D eigenvalue weighted by Gasteiger charge is -2.12. The van der Waals surface area contributed by atoms with Gasteiger partial charge in [-0.25, -0.2) is 9.97 Å². The minimum Gasteiger partial charge on any atom is -0.469 e. The number of anilines is 1. The number of aromatic nitrogens is 2. The topological polar surface area (TPSA) is 51.0 Å². The van der Waals surface area contributed by atoms with E-state index in [1.165, 1.54) is 0 Å². The molecule has 0 bridgehead atoms. The Morgan fingerprint density at radius 1 is 1.37 bits per heavy atom. The van der Waals surface area contributed by atoms with Crippen molar-refractivity contribution in [1.82, 2.24) is 9.97 Å². The zero-order chi connectivity index (χ0) is 13.8. The van der Waals surface area contributed by atoms with Gasteiger partial charge in [0.15, 0.2) is 0 Å². The van der Waals surface area contributed by atoms with Crippen LogP contribution in [0, 0.1) is 6.92 Å². The number of nitrogens with one attached hydrogen (secondary N) is 1. The normalized spacial score (nSPS) is 11.0. The summed E-state index contributed by atoms with van der Waals surface area (Å²) in [5.41, 5.74) is 0.880. The Morgan fingerprint density at radius 3 is 2.79 bits per heavy atom. The number of nitrogens with zero attached hydrogens (tertiary/aromatic N) is 2. The minimum absolute atomic E-state index is 0.253. The lowest BCUT2D eigenvalue weighted by atomic mass is 10.2. The van der Waals surface area contributed by atoms with Gasteiger partial charge in [-0.05, 0) is 19.1 Å². The van der Waals surface area contributed by atoms with E-state index in [-0.39, 0.29) is 5.92 Å². The van der Waals surface area contributed by atoms with E-state index in [1.807, 2.05) is 32.9 Å². The SMILES string of the molecule is Cc1c(Cl)nc(C(C)C)nc1NCCc1ccco1. The van der Waals surface area contributed by atoms with E-state index in [2.05, 4.69) is 15.3 Å². The molecule has 0 unspecified atom stereocenters. The summed E-state index contributed by atoms with van der Waals surface area (Å²) in [6, 6.07) is 3.85. The van der Waals surface area contributed by atoms with Crippen molar-refractivity contribution in [2.24, 2.45) is 0 Å². The first-order valence-corrected chi connectivity index (χ1v) is 6.76. The van der Waals surface area contributed by atoms with Crippen molar-refractivity contribution in [2.75, 3.05) is 11.9 Å². The zero-order valence-electron chi connectivity index (χ0n) is 11.4. The second-order valence-corrected chi connectivity index (χ2v) is 5.12. The summed E-state index contributed by atoms with van der Waals surface area (Å²) < 4.78 is 5.29. The van der Waals surface area contributed by atoms with Gasteiger partial charge in [0.05, 0.1) is 6.26 Å². The molecule has 1 N–H and O–H groups in total. The molecular weight excluding hydrogens is 262 g/mol. The van der Waals surface area contributed by atoms with Gasteiger partial charge in [0.25, 0.3) is 0 Å². The predicted molar refractivity (Wildman–Crippen MR) is 76.8 cm³/mol. The van der Waals surface area contributed by atoms with Gasteiger partial charge in [0, 0.05) is 24.4 Å². The first kappa shape index (κ1) is 13.9. The Labute approximate surface area is 118 Å². The average Bonchev–Trinajstić information content (AvgIpc) is 2.87. The average molecular weight is 280 g/mol. The van der Waals surface area contributed by atoms with Crippen LogP contribution in [0.4, 0.5) is 5.82 Å². The van der Waals surface area contributed by atoms with Gasteiger partial charge < -0.3 is 9.73 Å².